The predicted octanol–water partition coefficient (Wildman–Crippen LogP) is 2.96. The van der Waals surface area contributed by atoms with Gasteiger partial charge in [0.25, 0.3) is 10.0 Å². The lowest BCUT2D eigenvalue weighted by Crippen LogP contribution is -2.14. The molecule has 0 unspecified atom stereocenters. The molecule has 0 spiro atoms. The van der Waals surface area contributed by atoms with Crippen LogP contribution in [0.25, 0.3) is 0 Å². The highest BCUT2D eigenvalue weighted by Crippen LogP contribution is 2.22. The van der Waals surface area contributed by atoms with E-state index in [0.717, 1.165) is 17.7 Å². The topological polar surface area (TPSA) is 72.0 Å². The zero-order valence-corrected chi connectivity index (χ0v) is 13.2. The fourth-order valence-electron chi connectivity index (χ4n) is 2.08. The minimum Gasteiger partial charge on any atom is -0.279 e. The molecule has 2 heterocycles. The Labute approximate surface area is 125 Å². The van der Waals surface area contributed by atoms with E-state index < -0.39 is 10.0 Å². The maximum atomic E-state index is 12.4. The summed E-state index contributed by atoms with van der Waals surface area (Å²) in [6.45, 7) is 6.09. The van der Waals surface area contributed by atoms with Crippen molar-refractivity contribution in [3.8, 4) is 0 Å². The quantitative estimate of drug-likeness (QED) is 0.922. The normalized spacial score (nSPS) is 11.6. The number of hydrogen-bond donors (Lipinski definition) is 1. The van der Waals surface area contributed by atoms with Gasteiger partial charge in [-0.1, -0.05) is 20.8 Å². The van der Waals surface area contributed by atoms with Gasteiger partial charge in [-0.25, -0.2) is 8.42 Å². The molecule has 0 fully saturated rings. The second-order valence-electron chi connectivity index (χ2n) is 5.07. The molecule has 0 bridgehead atoms. The number of nitrogens with one attached hydrogen (secondary N) is 1. The van der Waals surface area contributed by atoms with Crippen molar-refractivity contribution >= 4 is 15.7 Å². The molecule has 0 aromatic carbocycles. The highest BCUT2D eigenvalue weighted by Gasteiger charge is 2.17. The van der Waals surface area contributed by atoms with E-state index in [1.54, 1.807) is 18.2 Å². The van der Waals surface area contributed by atoms with Crippen LogP contribution in [-0.2, 0) is 16.4 Å². The van der Waals surface area contributed by atoms with Crippen molar-refractivity contribution in [2.75, 3.05) is 4.72 Å². The van der Waals surface area contributed by atoms with Gasteiger partial charge in [0.2, 0.25) is 0 Å². The maximum absolute atomic E-state index is 12.4. The summed E-state index contributed by atoms with van der Waals surface area (Å²) in [6, 6.07) is 4.91. The van der Waals surface area contributed by atoms with Crippen molar-refractivity contribution in [1.82, 2.24) is 9.97 Å². The van der Waals surface area contributed by atoms with Crippen LogP contribution in [-0.4, -0.2) is 18.4 Å². The fraction of sp³-hybridized carbons (Fsp3) is 0.333. The average molecular weight is 305 g/mol. The molecule has 2 aromatic rings. The highest BCUT2D eigenvalue weighted by molar-refractivity contribution is 7.92. The lowest BCUT2D eigenvalue weighted by Gasteiger charge is -2.13. The SMILES string of the molecule is CCc1cc(S(=O)(=O)Nc2ccncc2)cnc1C(C)C. The Bertz CT molecular complexity index is 713. The zero-order valence-electron chi connectivity index (χ0n) is 12.4. The van der Waals surface area contributed by atoms with E-state index in [-0.39, 0.29) is 10.8 Å². The third-order valence-corrected chi connectivity index (χ3v) is 4.50. The Morgan fingerprint density at radius 3 is 2.48 bits per heavy atom. The molecule has 2 aromatic heterocycles. The van der Waals surface area contributed by atoms with Crippen molar-refractivity contribution in [2.24, 2.45) is 0 Å². The van der Waals surface area contributed by atoms with Gasteiger partial charge in [-0.15, -0.1) is 0 Å². The number of rotatable bonds is 5. The van der Waals surface area contributed by atoms with Gasteiger partial charge in [0, 0.05) is 24.3 Å². The molecule has 0 amide bonds. The van der Waals surface area contributed by atoms with Gasteiger partial charge >= 0.3 is 0 Å². The number of hydrogen-bond acceptors (Lipinski definition) is 4. The van der Waals surface area contributed by atoms with Gasteiger partial charge in [-0.05, 0) is 36.1 Å². The molecule has 0 aliphatic rings. The van der Waals surface area contributed by atoms with Crippen LogP contribution < -0.4 is 4.72 Å². The lowest BCUT2D eigenvalue weighted by atomic mass is 10.0. The molecule has 0 radical (unpaired) electrons. The summed E-state index contributed by atoms with van der Waals surface area (Å²) < 4.78 is 27.3. The van der Waals surface area contributed by atoms with Crippen LogP contribution in [0.1, 0.15) is 37.9 Å². The van der Waals surface area contributed by atoms with Crippen LogP contribution in [0, 0.1) is 0 Å². The van der Waals surface area contributed by atoms with Crippen molar-refractivity contribution < 1.29 is 8.42 Å². The zero-order chi connectivity index (χ0) is 15.5. The Kier molecular flexibility index (Phi) is 4.57. The highest BCUT2D eigenvalue weighted by atomic mass is 32.2. The monoisotopic (exact) mass is 305 g/mol. The van der Waals surface area contributed by atoms with Crippen LogP contribution >= 0.6 is 0 Å². The van der Waals surface area contributed by atoms with E-state index >= 15 is 0 Å². The van der Waals surface area contributed by atoms with Crippen molar-refractivity contribution in [3.63, 3.8) is 0 Å². The van der Waals surface area contributed by atoms with Gasteiger partial charge in [0.05, 0.1) is 5.69 Å². The number of pyridine rings is 2. The first-order valence-corrected chi connectivity index (χ1v) is 8.34. The van der Waals surface area contributed by atoms with E-state index in [1.165, 1.54) is 18.6 Å². The summed E-state index contributed by atoms with van der Waals surface area (Å²) in [5.74, 6) is 0.268. The molecule has 0 aliphatic carbocycles. The Hall–Kier alpha value is -1.95. The smallest absolute Gasteiger partial charge is 0.263 e. The Morgan fingerprint density at radius 2 is 1.90 bits per heavy atom. The number of aromatic nitrogens is 2. The second kappa shape index (κ2) is 6.22. The summed E-state index contributed by atoms with van der Waals surface area (Å²) in [5.41, 5.74) is 2.39. The summed E-state index contributed by atoms with van der Waals surface area (Å²) >= 11 is 0. The van der Waals surface area contributed by atoms with Gasteiger partial charge in [0.15, 0.2) is 0 Å². The first kappa shape index (κ1) is 15.4. The Morgan fingerprint density at radius 1 is 1.24 bits per heavy atom. The average Bonchev–Trinajstić information content (AvgIpc) is 2.47. The van der Waals surface area contributed by atoms with Crippen molar-refractivity contribution in [1.29, 1.82) is 0 Å². The predicted molar refractivity (Wildman–Crippen MR) is 82.7 cm³/mol. The number of sulfonamides is 1. The van der Waals surface area contributed by atoms with Gasteiger partial charge in [0.1, 0.15) is 4.90 Å². The molecular weight excluding hydrogens is 286 g/mol. The molecule has 0 aliphatic heterocycles. The summed E-state index contributed by atoms with van der Waals surface area (Å²) in [7, 11) is -3.63. The third kappa shape index (κ3) is 3.58. The summed E-state index contributed by atoms with van der Waals surface area (Å²) in [6.07, 6.45) is 5.24. The van der Waals surface area contributed by atoms with E-state index in [4.69, 9.17) is 0 Å². The second-order valence-corrected chi connectivity index (χ2v) is 6.75. The molecule has 21 heavy (non-hydrogen) atoms. The summed E-state index contributed by atoms with van der Waals surface area (Å²) in [5, 5.41) is 0. The van der Waals surface area contributed by atoms with Crippen molar-refractivity contribution in [2.45, 2.75) is 38.0 Å². The molecule has 6 heteroatoms. The van der Waals surface area contributed by atoms with E-state index in [9.17, 15) is 8.42 Å². The number of aryl methyl sites for hydroxylation is 1. The first-order chi connectivity index (χ1) is 9.94. The van der Waals surface area contributed by atoms with Crippen LogP contribution in [0.15, 0.2) is 41.7 Å². The molecule has 1 N–H and O–H groups in total. The van der Waals surface area contributed by atoms with Crippen LogP contribution in [0.4, 0.5) is 5.69 Å². The molecule has 2 rings (SSSR count). The number of anilines is 1. The van der Waals surface area contributed by atoms with E-state index in [2.05, 4.69) is 14.7 Å². The van der Waals surface area contributed by atoms with Crippen LogP contribution in [0.2, 0.25) is 0 Å². The molecular formula is C15H19N3O2S. The van der Waals surface area contributed by atoms with E-state index in [0.29, 0.717) is 5.69 Å². The van der Waals surface area contributed by atoms with Crippen molar-refractivity contribution in [3.05, 3.63) is 48.0 Å². The molecule has 0 atom stereocenters. The van der Waals surface area contributed by atoms with Gasteiger partial charge in [-0.2, -0.15) is 0 Å². The largest absolute Gasteiger partial charge is 0.279 e. The fourth-order valence-corrected chi connectivity index (χ4v) is 3.14. The molecule has 112 valence electrons. The minimum atomic E-state index is -3.63. The molecule has 5 nitrogen and oxygen atoms in total. The van der Waals surface area contributed by atoms with Gasteiger partial charge < -0.3 is 0 Å². The number of nitrogens with zero attached hydrogens (tertiary/aromatic N) is 2. The molecule has 0 saturated heterocycles. The Balaban J connectivity index is 2.37. The minimum absolute atomic E-state index is 0.181. The lowest BCUT2D eigenvalue weighted by molar-refractivity contribution is 0.600. The summed E-state index contributed by atoms with van der Waals surface area (Å²) in [4.78, 5) is 8.37. The van der Waals surface area contributed by atoms with E-state index in [1.807, 2.05) is 20.8 Å². The van der Waals surface area contributed by atoms with Crippen LogP contribution in [0.5, 0.6) is 0 Å². The van der Waals surface area contributed by atoms with Crippen LogP contribution in [0.3, 0.4) is 0 Å². The standard InChI is InChI=1S/C15H19N3O2S/c1-4-12-9-14(10-17-15(12)11(2)3)21(19,20)18-13-5-7-16-8-6-13/h5-11H,4H2,1-3H3,(H,16,18). The first-order valence-electron chi connectivity index (χ1n) is 6.85. The van der Waals surface area contributed by atoms with Gasteiger partial charge in [-0.3, -0.25) is 14.7 Å². The maximum Gasteiger partial charge on any atom is 0.263 e. The third-order valence-electron chi connectivity index (χ3n) is 3.15. The molecule has 0 saturated carbocycles.